The number of benzene rings is 1. The minimum Gasteiger partial charge on any atom is -0.459 e. The summed E-state index contributed by atoms with van der Waals surface area (Å²) in [5.41, 5.74) is 0.752. The highest BCUT2D eigenvalue weighted by molar-refractivity contribution is 5.83. The zero-order valence-electron chi connectivity index (χ0n) is 15.7. The molecule has 0 aliphatic carbocycles. The summed E-state index contributed by atoms with van der Waals surface area (Å²) in [6, 6.07) is 10.7. The summed E-state index contributed by atoms with van der Waals surface area (Å²) in [7, 11) is 0. The fourth-order valence-electron chi connectivity index (χ4n) is 2.78. The van der Waals surface area contributed by atoms with Crippen LogP contribution >= 0.6 is 0 Å². The molecule has 0 radical (unpaired) electrons. The molecule has 138 valence electrons. The summed E-state index contributed by atoms with van der Waals surface area (Å²) in [5, 5.41) is 6.62. The van der Waals surface area contributed by atoms with E-state index >= 15 is 0 Å². The number of esters is 1. The molecule has 0 saturated carbocycles. The van der Waals surface area contributed by atoms with Crippen molar-refractivity contribution in [1.29, 1.82) is 0 Å². The SMILES string of the molecule is CCNC(=NCC(=O)OC(C)(C)C)NC1CCN(c2ccccc2)C1. The molecule has 1 heterocycles. The van der Waals surface area contributed by atoms with E-state index in [-0.39, 0.29) is 12.5 Å². The summed E-state index contributed by atoms with van der Waals surface area (Å²) in [4.78, 5) is 18.6. The smallest absolute Gasteiger partial charge is 0.328 e. The van der Waals surface area contributed by atoms with Gasteiger partial charge in [-0.25, -0.2) is 4.99 Å². The third-order valence-electron chi connectivity index (χ3n) is 3.78. The van der Waals surface area contributed by atoms with Gasteiger partial charge in [0.25, 0.3) is 0 Å². The Morgan fingerprint density at radius 3 is 2.68 bits per heavy atom. The zero-order valence-corrected chi connectivity index (χ0v) is 15.7. The van der Waals surface area contributed by atoms with Gasteiger partial charge >= 0.3 is 5.97 Å². The number of para-hydroxylation sites is 1. The molecule has 1 aliphatic rings. The number of ether oxygens (including phenoxy) is 1. The Hall–Kier alpha value is -2.24. The Labute approximate surface area is 150 Å². The highest BCUT2D eigenvalue weighted by Gasteiger charge is 2.23. The first kappa shape index (κ1) is 19.1. The van der Waals surface area contributed by atoms with Crippen molar-refractivity contribution in [3.63, 3.8) is 0 Å². The van der Waals surface area contributed by atoms with Crippen LogP contribution in [0.5, 0.6) is 0 Å². The summed E-state index contributed by atoms with van der Waals surface area (Å²) < 4.78 is 5.30. The van der Waals surface area contributed by atoms with Gasteiger partial charge in [0, 0.05) is 31.4 Å². The van der Waals surface area contributed by atoms with Crippen LogP contribution in [-0.4, -0.2) is 49.8 Å². The number of hydrogen-bond donors (Lipinski definition) is 2. The van der Waals surface area contributed by atoms with Gasteiger partial charge in [0.05, 0.1) is 0 Å². The first-order valence-corrected chi connectivity index (χ1v) is 8.94. The Morgan fingerprint density at radius 2 is 2.04 bits per heavy atom. The van der Waals surface area contributed by atoms with E-state index in [1.807, 2.05) is 33.8 Å². The fourth-order valence-corrected chi connectivity index (χ4v) is 2.78. The van der Waals surface area contributed by atoms with Crippen molar-refractivity contribution < 1.29 is 9.53 Å². The second-order valence-corrected chi connectivity index (χ2v) is 7.19. The Kier molecular flexibility index (Phi) is 6.67. The van der Waals surface area contributed by atoms with E-state index in [1.54, 1.807) is 0 Å². The summed E-state index contributed by atoms with van der Waals surface area (Å²) in [6.45, 7) is 10.3. The van der Waals surface area contributed by atoms with Gasteiger partial charge in [-0.15, -0.1) is 0 Å². The Morgan fingerprint density at radius 1 is 1.32 bits per heavy atom. The van der Waals surface area contributed by atoms with Crippen molar-refractivity contribution in [1.82, 2.24) is 10.6 Å². The maximum atomic E-state index is 11.8. The molecule has 0 spiro atoms. The van der Waals surface area contributed by atoms with E-state index in [9.17, 15) is 4.79 Å². The van der Waals surface area contributed by atoms with Gasteiger partial charge in [0.1, 0.15) is 12.1 Å². The number of aliphatic imine (C=N–C) groups is 1. The Balaban J connectivity index is 1.89. The molecular weight excluding hydrogens is 316 g/mol. The number of guanidine groups is 1. The quantitative estimate of drug-likeness (QED) is 0.486. The number of nitrogens with zero attached hydrogens (tertiary/aromatic N) is 2. The lowest BCUT2D eigenvalue weighted by Gasteiger charge is -2.21. The van der Waals surface area contributed by atoms with E-state index in [2.05, 4.69) is 44.8 Å². The lowest BCUT2D eigenvalue weighted by molar-refractivity contribution is -0.152. The van der Waals surface area contributed by atoms with E-state index in [0.717, 1.165) is 26.1 Å². The second-order valence-electron chi connectivity index (χ2n) is 7.19. The summed E-state index contributed by atoms with van der Waals surface area (Å²) >= 11 is 0. The molecule has 6 heteroatoms. The monoisotopic (exact) mass is 346 g/mol. The number of nitrogens with one attached hydrogen (secondary N) is 2. The topological polar surface area (TPSA) is 66.0 Å². The molecular formula is C19H30N4O2. The predicted molar refractivity (Wildman–Crippen MR) is 102 cm³/mol. The van der Waals surface area contributed by atoms with Crippen LogP contribution in [0.3, 0.4) is 0 Å². The van der Waals surface area contributed by atoms with E-state index in [0.29, 0.717) is 12.0 Å². The van der Waals surface area contributed by atoms with Gasteiger partial charge in [0.15, 0.2) is 5.96 Å². The van der Waals surface area contributed by atoms with Crippen LogP contribution in [-0.2, 0) is 9.53 Å². The van der Waals surface area contributed by atoms with Gasteiger partial charge in [-0.3, -0.25) is 4.79 Å². The molecule has 1 atom stereocenters. The molecule has 0 amide bonds. The normalized spacial score (nSPS) is 18.2. The largest absolute Gasteiger partial charge is 0.459 e. The number of anilines is 1. The first-order valence-electron chi connectivity index (χ1n) is 8.94. The maximum absolute atomic E-state index is 11.8. The highest BCUT2D eigenvalue weighted by Crippen LogP contribution is 2.19. The van der Waals surface area contributed by atoms with Gasteiger partial charge in [-0.1, -0.05) is 18.2 Å². The standard InChI is InChI=1S/C19H30N4O2/c1-5-20-18(21-13-17(24)25-19(2,3)4)22-15-11-12-23(14-15)16-9-7-6-8-10-16/h6-10,15H,5,11-14H2,1-4H3,(H2,20,21,22). The van der Waals surface area contributed by atoms with Gasteiger partial charge in [-0.05, 0) is 46.2 Å². The maximum Gasteiger partial charge on any atom is 0.328 e. The van der Waals surface area contributed by atoms with Crippen LogP contribution in [0, 0.1) is 0 Å². The molecule has 1 aliphatic heterocycles. The van der Waals surface area contributed by atoms with Crippen LogP contribution in [0.4, 0.5) is 5.69 Å². The number of carbonyl (C=O) groups is 1. The molecule has 1 unspecified atom stereocenters. The summed E-state index contributed by atoms with van der Waals surface area (Å²) in [6.07, 6.45) is 1.03. The van der Waals surface area contributed by atoms with Crippen molar-refractivity contribution in [2.75, 3.05) is 31.1 Å². The van der Waals surface area contributed by atoms with E-state index in [4.69, 9.17) is 4.74 Å². The lowest BCUT2D eigenvalue weighted by atomic mass is 10.2. The molecule has 1 saturated heterocycles. The number of hydrogen-bond acceptors (Lipinski definition) is 4. The molecule has 1 aromatic rings. The fraction of sp³-hybridized carbons (Fsp3) is 0.579. The molecule has 25 heavy (non-hydrogen) atoms. The van der Waals surface area contributed by atoms with Crippen LogP contribution in [0.15, 0.2) is 35.3 Å². The van der Waals surface area contributed by atoms with Gasteiger partial charge < -0.3 is 20.3 Å². The predicted octanol–water partition coefficient (Wildman–Crippen LogP) is 2.16. The molecule has 6 nitrogen and oxygen atoms in total. The zero-order chi connectivity index (χ0) is 18.3. The first-order chi connectivity index (χ1) is 11.9. The van der Waals surface area contributed by atoms with Crippen LogP contribution < -0.4 is 15.5 Å². The van der Waals surface area contributed by atoms with Gasteiger partial charge in [-0.2, -0.15) is 0 Å². The molecule has 0 bridgehead atoms. The molecule has 1 aromatic carbocycles. The van der Waals surface area contributed by atoms with E-state index < -0.39 is 5.60 Å². The second kappa shape index (κ2) is 8.74. The third kappa shape index (κ3) is 6.64. The van der Waals surface area contributed by atoms with Crippen molar-refractivity contribution >= 4 is 17.6 Å². The Bertz CT molecular complexity index is 581. The minimum absolute atomic E-state index is 0.0156. The summed E-state index contributed by atoms with van der Waals surface area (Å²) in [5.74, 6) is 0.343. The lowest BCUT2D eigenvalue weighted by Crippen LogP contribution is -2.45. The van der Waals surface area contributed by atoms with Crippen molar-refractivity contribution in [2.24, 2.45) is 4.99 Å². The van der Waals surface area contributed by atoms with Gasteiger partial charge in [0.2, 0.25) is 0 Å². The average molecular weight is 346 g/mol. The molecule has 2 rings (SSSR count). The molecule has 2 N–H and O–H groups in total. The average Bonchev–Trinajstić information content (AvgIpc) is 3.01. The third-order valence-corrected chi connectivity index (χ3v) is 3.78. The van der Waals surface area contributed by atoms with Crippen molar-refractivity contribution in [2.45, 2.75) is 45.8 Å². The number of rotatable bonds is 5. The van der Waals surface area contributed by atoms with Crippen molar-refractivity contribution in [3.8, 4) is 0 Å². The van der Waals surface area contributed by atoms with Crippen LogP contribution in [0.1, 0.15) is 34.1 Å². The molecule has 1 fully saturated rings. The highest BCUT2D eigenvalue weighted by atomic mass is 16.6. The molecule has 0 aromatic heterocycles. The van der Waals surface area contributed by atoms with E-state index in [1.165, 1.54) is 5.69 Å². The van der Waals surface area contributed by atoms with Crippen LogP contribution in [0.2, 0.25) is 0 Å². The number of carbonyl (C=O) groups excluding carboxylic acids is 1. The minimum atomic E-state index is -0.486. The van der Waals surface area contributed by atoms with Crippen LogP contribution in [0.25, 0.3) is 0 Å². The van der Waals surface area contributed by atoms with Crippen molar-refractivity contribution in [3.05, 3.63) is 30.3 Å².